The van der Waals surface area contributed by atoms with Gasteiger partial charge in [0.2, 0.25) is 0 Å². The van der Waals surface area contributed by atoms with Crippen LogP contribution in [-0.2, 0) is 19.2 Å². The Morgan fingerprint density at radius 3 is 1.72 bits per heavy atom. The fourth-order valence-corrected chi connectivity index (χ4v) is 9.66. The minimum absolute atomic E-state index is 0.286. The van der Waals surface area contributed by atoms with Gasteiger partial charge in [-0.15, -0.1) is 0 Å². The van der Waals surface area contributed by atoms with Crippen molar-refractivity contribution < 1.29 is 18.5 Å². The number of amides is 1. The zero-order valence-corrected chi connectivity index (χ0v) is 34.3. The average molecular weight is 766 g/mol. The second-order valence-electron chi connectivity index (χ2n) is 16.2. The van der Waals surface area contributed by atoms with E-state index in [1.54, 1.807) is 0 Å². The van der Waals surface area contributed by atoms with Gasteiger partial charge < -0.3 is 35.6 Å². The molecule has 10 saturated heterocycles. The van der Waals surface area contributed by atoms with Crippen LogP contribution in [-0.4, -0.2) is 128 Å². The predicted octanol–water partition coefficient (Wildman–Crippen LogP) is 5.52. The first-order valence-electron chi connectivity index (χ1n) is 21.9. The number of nitrogens with one attached hydrogen (secondary N) is 5. The molecule has 1 unspecified atom stereocenters. The second kappa shape index (κ2) is 27.2. The lowest BCUT2D eigenvalue weighted by molar-refractivity contribution is 0.105. The molecule has 4 bridgehead atoms. The number of carbonyl (C=O) groups is 1. The SMILES string of the molecule is C1=CNCCC1.C1CC2CCC1O2.C1CCN2CCCCC2C1.C1CCNCC1.C1CN2CCC1NC2.C=S1(=O)CCCCCN1.O=C1NCCCO1. The Hall–Kier alpha value is -1.41. The summed E-state index contributed by atoms with van der Waals surface area (Å²) in [4.78, 5) is 15.3. The highest BCUT2D eigenvalue weighted by Gasteiger charge is 2.31. The first kappa shape index (κ1) is 44.3. The van der Waals surface area contributed by atoms with E-state index in [9.17, 15) is 9.00 Å². The minimum atomic E-state index is -1.87. The van der Waals surface area contributed by atoms with Crippen LogP contribution in [0.15, 0.2) is 12.3 Å². The van der Waals surface area contributed by atoms with Crippen LogP contribution in [0.2, 0.25) is 0 Å². The summed E-state index contributed by atoms with van der Waals surface area (Å²) in [7, 11) is -1.87. The molecule has 11 heterocycles. The number of hydrogen-bond donors (Lipinski definition) is 5. The molecule has 11 aliphatic heterocycles. The molecule has 0 aromatic heterocycles. The molecular formula is C41H79N7O4S. The van der Waals surface area contributed by atoms with Crippen molar-refractivity contribution in [1.29, 1.82) is 0 Å². The van der Waals surface area contributed by atoms with Crippen molar-refractivity contribution in [2.75, 3.05) is 77.9 Å². The van der Waals surface area contributed by atoms with Crippen LogP contribution in [0, 0.1) is 0 Å². The highest BCUT2D eigenvalue weighted by atomic mass is 32.2. The molecule has 11 nitrogen and oxygen atoms in total. The standard InChI is InChI=1S/C9H17N.C6H12N2.C6H13NOS.C6H10O.C5H11N.C5H9N.C4H7NO2/c1-3-7-10-8-4-2-6-9(10)5-1;1-3-8-4-2-6(1)7-5-8;1-9(8)6-4-2-3-5-7-9;1-2-6-4-3-5(1)7-6;2*1-2-4-6-5-3-1;6-4-5-2-1-3-7-4/h9H,1-8H2;6-7H,1-5H2;1-6H2,(H,7,8);5-6H,1-4H2;6H,1-5H2;2,4,6H,1,3,5H2;1-3H2,(H,5,6). The van der Waals surface area contributed by atoms with Crippen molar-refractivity contribution in [2.45, 2.75) is 159 Å². The maximum Gasteiger partial charge on any atom is 0.407 e. The molecule has 53 heavy (non-hydrogen) atoms. The summed E-state index contributed by atoms with van der Waals surface area (Å²) in [5, 5.41) is 12.4. The normalized spacial score (nSPS) is 32.9. The first-order chi connectivity index (χ1) is 26.0. The van der Waals surface area contributed by atoms with Gasteiger partial charge in [-0.1, -0.05) is 31.8 Å². The predicted molar refractivity (Wildman–Crippen MR) is 222 cm³/mol. The van der Waals surface area contributed by atoms with Crippen molar-refractivity contribution in [3.8, 4) is 0 Å². The van der Waals surface area contributed by atoms with Gasteiger partial charge in [0.1, 0.15) is 0 Å². The van der Waals surface area contributed by atoms with E-state index < -0.39 is 9.71 Å². The van der Waals surface area contributed by atoms with E-state index >= 15 is 0 Å². The van der Waals surface area contributed by atoms with Gasteiger partial charge in [-0.2, -0.15) is 0 Å². The molecule has 308 valence electrons. The summed E-state index contributed by atoms with van der Waals surface area (Å²) < 4.78 is 24.1. The van der Waals surface area contributed by atoms with Crippen molar-refractivity contribution in [3.63, 3.8) is 0 Å². The smallest absolute Gasteiger partial charge is 0.407 e. The molecule has 1 atom stereocenters. The van der Waals surface area contributed by atoms with Crippen molar-refractivity contribution in [2.24, 2.45) is 0 Å². The van der Waals surface area contributed by atoms with E-state index in [4.69, 9.17) is 4.74 Å². The van der Waals surface area contributed by atoms with E-state index in [0.717, 1.165) is 63.4 Å². The summed E-state index contributed by atoms with van der Waals surface area (Å²) in [6.07, 6.45) is 33.3. The van der Waals surface area contributed by atoms with Crippen LogP contribution < -0.4 is 26.0 Å². The van der Waals surface area contributed by atoms with Crippen LogP contribution in [0.4, 0.5) is 4.79 Å². The van der Waals surface area contributed by atoms with Crippen molar-refractivity contribution in [1.82, 2.24) is 35.8 Å². The van der Waals surface area contributed by atoms with Crippen LogP contribution in [0.3, 0.4) is 0 Å². The minimum Gasteiger partial charge on any atom is -0.449 e. The van der Waals surface area contributed by atoms with Crippen LogP contribution in [0.5, 0.6) is 0 Å². The van der Waals surface area contributed by atoms with Gasteiger partial charge in [-0.3, -0.25) is 9.11 Å². The molecule has 0 aliphatic carbocycles. The number of hydrogen-bond acceptors (Lipinski definition) is 9. The third-order valence-corrected chi connectivity index (χ3v) is 13.3. The van der Waals surface area contributed by atoms with Crippen LogP contribution in [0.1, 0.15) is 135 Å². The van der Waals surface area contributed by atoms with E-state index in [0.29, 0.717) is 18.8 Å². The molecule has 0 aromatic rings. The maximum absolute atomic E-state index is 11.2. The van der Waals surface area contributed by atoms with Crippen molar-refractivity contribution in [3.05, 3.63) is 12.3 Å². The van der Waals surface area contributed by atoms with Crippen LogP contribution >= 0.6 is 0 Å². The summed E-state index contributed by atoms with van der Waals surface area (Å²) in [6, 6.07) is 1.85. The number of piperidine rings is 4. The molecule has 0 radical (unpaired) electrons. The topological polar surface area (TPSA) is 119 Å². The fourth-order valence-electron chi connectivity index (χ4n) is 8.33. The van der Waals surface area contributed by atoms with Gasteiger partial charge in [-0.05, 0) is 147 Å². The van der Waals surface area contributed by atoms with E-state index in [1.807, 2.05) is 6.20 Å². The Balaban J connectivity index is 0.000000139. The van der Waals surface area contributed by atoms with Gasteiger partial charge in [0.25, 0.3) is 0 Å². The largest absolute Gasteiger partial charge is 0.449 e. The molecule has 10 fully saturated rings. The van der Waals surface area contributed by atoms with Gasteiger partial charge >= 0.3 is 6.09 Å². The molecule has 12 heteroatoms. The number of rotatable bonds is 0. The molecule has 0 aromatic carbocycles. The quantitative estimate of drug-likeness (QED) is 0.204. The van der Waals surface area contributed by atoms with E-state index in [2.05, 4.69) is 52.5 Å². The number of cyclic esters (lactones) is 1. The Morgan fingerprint density at radius 1 is 0.698 bits per heavy atom. The van der Waals surface area contributed by atoms with Crippen molar-refractivity contribution >= 4 is 21.7 Å². The number of allylic oxidation sites excluding steroid dienone is 1. The second-order valence-corrected chi connectivity index (χ2v) is 18.5. The molecule has 1 amide bonds. The van der Waals surface area contributed by atoms with Gasteiger partial charge in [0, 0.05) is 66.9 Å². The number of fused-ring (bicyclic) bond motifs is 6. The Kier molecular flexibility index (Phi) is 22.8. The molecule has 11 aliphatic rings. The zero-order valence-electron chi connectivity index (χ0n) is 33.4. The lowest BCUT2D eigenvalue weighted by Crippen LogP contribution is -2.54. The highest BCUT2D eigenvalue weighted by molar-refractivity contribution is 7.98. The summed E-state index contributed by atoms with van der Waals surface area (Å²) in [6.45, 7) is 12.5. The molecule has 11 rings (SSSR count). The van der Waals surface area contributed by atoms with E-state index in [1.165, 1.54) is 155 Å². The monoisotopic (exact) mass is 766 g/mol. The Bertz CT molecular complexity index is 976. The molecule has 0 spiro atoms. The molecule has 0 saturated carbocycles. The summed E-state index contributed by atoms with van der Waals surface area (Å²) in [5.74, 6) is 4.36. The Labute approximate surface area is 324 Å². The van der Waals surface area contributed by atoms with Gasteiger partial charge in [0.15, 0.2) is 0 Å². The van der Waals surface area contributed by atoms with Crippen LogP contribution in [0.25, 0.3) is 0 Å². The first-order valence-corrected chi connectivity index (χ1v) is 23.8. The summed E-state index contributed by atoms with van der Waals surface area (Å²) >= 11 is 0. The average Bonchev–Trinajstić information content (AvgIpc) is 3.85. The number of alkyl carbamates (subject to hydrolysis) is 1. The number of nitrogens with zero attached hydrogens (tertiary/aromatic N) is 2. The zero-order chi connectivity index (χ0) is 37.2. The third-order valence-electron chi connectivity index (χ3n) is 11.7. The fraction of sp³-hybridized carbons (Fsp3) is 0.902. The summed E-state index contributed by atoms with van der Waals surface area (Å²) in [5.41, 5.74) is 0. The lowest BCUT2D eigenvalue weighted by atomic mass is 9.93. The Morgan fingerprint density at radius 2 is 1.38 bits per heavy atom. The number of carbonyl (C=O) groups excluding carboxylic acids is 1. The maximum atomic E-state index is 11.2. The van der Waals surface area contributed by atoms with E-state index in [-0.39, 0.29) is 6.09 Å². The lowest BCUT2D eigenvalue weighted by Gasteiger charge is -2.39. The number of ether oxygens (including phenoxy) is 2. The van der Waals surface area contributed by atoms with Gasteiger partial charge in [-0.25, -0.2) is 9.52 Å². The third kappa shape index (κ3) is 20.4. The highest BCUT2D eigenvalue weighted by Crippen LogP contribution is 2.33. The van der Waals surface area contributed by atoms with Gasteiger partial charge in [0.05, 0.1) is 18.8 Å². The molecule has 5 N–H and O–H groups in total. The molecular weight excluding hydrogens is 687 g/mol.